The standard InChI is InChI=1S/C42H54O23/c1-5-19-21(12-29(47)58-10-9-18-7-8-25(45)26(46)11-18)23(37(54)56-3)16-60-40(19)65-42-36(34(52)32(50)28(15-44)62-42)63-30(48)13-22-20(6-2)39(59-17-24(22)38(55)57-4)64-41-35(53)33(51)31(49)27(14-43)61-41/h5-8,11,16-17,21-22,27-28,31-36,39-46,49-53H,9-10,12-15H2,1-4H3/b19-5+,20-6+/t21-,22-,27+,28+,31+,32+,33-,34-,35+,36+,39-,40-,41-,42-/m0/s1. The Bertz CT molecular complexity index is 1980. The van der Waals surface area contributed by atoms with Gasteiger partial charge in [0.05, 0.1) is 70.6 Å². The molecule has 0 aliphatic carbocycles. The lowest BCUT2D eigenvalue weighted by atomic mass is 9.86. The first-order valence-electron chi connectivity index (χ1n) is 20.3. The number of carbonyl (C=O) groups excluding carboxylic acids is 4. The van der Waals surface area contributed by atoms with Crippen LogP contribution in [0.25, 0.3) is 0 Å². The number of esters is 4. The van der Waals surface area contributed by atoms with Crippen LogP contribution in [-0.4, -0.2) is 178 Å². The molecule has 65 heavy (non-hydrogen) atoms. The van der Waals surface area contributed by atoms with Crippen LogP contribution in [0.5, 0.6) is 11.5 Å². The number of ether oxygens (including phenoxy) is 10. The summed E-state index contributed by atoms with van der Waals surface area (Å²) < 4.78 is 55.3. The van der Waals surface area contributed by atoms with Gasteiger partial charge in [0.25, 0.3) is 0 Å². The fourth-order valence-corrected chi connectivity index (χ4v) is 7.56. The molecule has 4 heterocycles. The van der Waals surface area contributed by atoms with Crippen molar-refractivity contribution in [1.82, 2.24) is 0 Å². The molecule has 23 nitrogen and oxygen atoms in total. The van der Waals surface area contributed by atoms with E-state index in [0.29, 0.717) is 5.56 Å². The molecule has 0 spiro atoms. The zero-order valence-electron chi connectivity index (χ0n) is 35.6. The van der Waals surface area contributed by atoms with Crippen molar-refractivity contribution in [3.63, 3.8) is 0 Å². The lowest BCUT2D eigenvalue weighted by molar-refractivity contribution is -0.330. The molecule has 2 saturated heterocycles. The lowest BCUT2D eigenvalue weighted by Gasteiger charge is -2.43. The maximum absolute atomic E-state index is 13.9. The van der Waals surface area contributed by atoms with Crippen LogP contribution in [0.2, 0.25) is 0 Å². The van der Waals surface area contributed by atoms with Crippen LogP contribution in [0.3, 0.4) is 0 Å². The van der Waals surface area contributed by atoms with E-state index in [1.807, 2.05) is 0 Å². The molecule has 9 N–H and O–H groups in total. The molecule has 0 amide bonds. The predicted molar refractivity (Wildman–Crippen MR) is 212 cm³/mol. The van der Waals surface area contributed by atoms with Crippen LogP contribution in [0.4, 0.5) is 0 Å². The minimum atomic E-state index is -1.98. The van der Waals surface area contributed by atoms with Gasteiger partial charge < -0.3 is 93.3 Å². The topological polar surface area (TPSA) is 343 Å². The molecule has 4 aliphatic rings. The van der Waals surface area contributed by atoms with Crippen molar-refractivity contribution in [3.8, 4) is 11.5 Å². The molecule has 1 aromatic rings. The van der Waals surface area contributed by atoms with Crippen molar-refractivity contribution in [2.24, 2.45) is 11.8 Å². The van der Waals surface area contributed by atoms with E-state index in [9.17, 15) is 65.1 Å². The summed E-state index contributed by atoms with van der Waals surface area (Å²) in [6.45, 7) is 1.28. The summed E-state index contributed by atoms with van der Waals surface area (Å²) in [5.41, 5.74) is 0.429. The predicted octanol–water partition coefficient (Wildman–Crippen LogP) is -1.90. The van der Waals surface area contributed by atoms with Gasteiger partial charge in [-0.1, -0.05) is 18.2 Å². The van der Waals surface area contributed by atoms with Gasteiger partial charge in [0.15, 0.2) is 23.9 Å². The molecule has 23 heteroatoms. The van der Waals surface area contributed by atoms with Crippen molar-refractivity contribution in [3.05, 3.63) is 70.7 Å². The molecule has 4 aliphatic heterocycles. The summed E-state index contributed by atoms with van der Waals surface area (Å²) in [7, 11) is 2.17. The van der Waals surface area contributed by atoms with Gasteiger partial charge in [-0.3, -0.25) is 9.59 Å². The molecule has 0 bridgehead atoms. The average Bonchev–Trinajstić information content (AvgIpc) is 3.29. The second-order valence-corrected chi connectivity index (χ2v) is 15.1. The highest BCUT2D eigenvalue weighted by Gasteiger charge is 2.51. The van der Waals surface area contributed by atoms with Gasteiger partial charge in [-0.25, -0.2) is 9.59 Å². The highest BCUT2D eigenvalue weighted by atomic mass is 16.8. The first kappa shape index (κ1) is 50.8. The number of allylic oxidation sites excluding steroid dienone is 2. The zero-order chi connectivity index (χ0) is 47.7. The Morgan fingerprint density at radius 2 is 1.17 bits per heavy atom. The summed E-state index contributed by atoms with van der Waals surface area (Å²) in [6.07, 6.45) is -16.7. The third kappa shape index (κ3) is 11.6. The first-order chi connectivity index (χ1) is 31.0. The van der Waals surface area contributed by atoms with Crippen LogP contribution < -0.4 is 0 Å². The molecule has 0 aromatic heterocycles. The van der Waals surface area contributed by atoms with Crippen molar-refractivity contribution in [1.29, 1.82) is 0 Å². The quantitative estimate of drug-likeness (QED) is 0.0378. The van der Waals surface area contributed by atoms with Gasteiger partial charge in [0, 0.05) is 29.4 Å². The summed E-state index contributed by atoms with van der Waals surface area (Å²) >= 11 is 0. The molecule has 0 saturated carbocycles. The van der Waals surface area contributed by atoms with Crippen LogP contribution in [0.15, 0.2) is 65.2 Å². The molecule has 360 valence electrons. The zero-order valence-corrected chi connectivity index (χ0v) is 35.6. The summed E-state index contributed by atoms with van der Waals surface area (Å²) in [5, 5.41) is 92.2. The number of aromatic hydroxyl groups is 2. The van der Waals surface area contributed by atoms with E-state index in [2.05, 4.69) is 0 Å². The van der Waals surface area contributed by atoms with Crippen LogP contribution in [0.1, 0.15) is 32.3 Å². The number of aliphatic hydroxyl groups excluding tert-OH is 7. The molecule has 1 aromatic carbocycles. The van der Waals surface area contributed by atoms with Crippen LogP contribution in [-0.2, 0) is 73.0 Å². The fourth-order valence-electron chi connectivity index (χ4n) is 7.56. The number of carbonyl (C=O) groups is 4. The maximum Gasteiger partial charge on any atom is 0.337 e. The second kappa shape index (κ2) is 22.8. The van der Waals surface area contributed by atoms with E-state index in [1.54, 1.807) is 0 Å². The molecular weight excluding hydrogens is 872 g/mol. The summed E-state index contributed by atoms with van der Waals surface area (Å²) in [4.78, 5) is 52.9. The first-order valence-corrected chi connectivity index (χ1v) is 20.3. The Morgan fingerprint density at radius 3 is 1.68 bits per heavy atom. The third-order valence-electron chi connectivity index (χ3n) is 11.1. The van der Waals surface area contributed by atoms with Gasteiger partial charge in [-0.05, 0) is 31.5 Å². The van der Waals surface area contributed by atoms with Gasteiger partial charge in [-0.2, -0.15) is 0 Å². The number of benzene rings is 1. The Labute approximate surface area is 371 Å². The van der Waals surface area contributed by atoms with Gasteiger partial charge in [0.1, 0.15) is 42.7 Å². The summed E-state index contributed by atoms with van der Waals surface area (Å²) in [5.74, 6) is -6.77. The van der Waals surface area contributed by atoms with Crippen molar-refractivity contribution in [2.45, 2.75) is 107 Å². The monoisotopic (exact) mass is 926 g/mol. The third-order valence-corrected chi connectivity index (χ3v) is 11.1. The minimum Gasteiger partial charge on any atom is -0.504 e. The number of phenolic OH excluding ortho intramolecular Hbond substituents is 2. The van der Waals surface area contributed by atoms with Gasteiger partial charge in [0.2, 0.25) is 18.9 Å². The number of phenols is 2. The number of hydrogen-bond donors (Lipinski definition) is 9. The number of methoxy groups -OCH3 is 2. The normalized spacial score (nSPS) is 33.8. The van der Waals surface area contributed by atoms with Crippen LogP contribution in [0, 0.1) is 11.8 Å². The maximum atomic E-state index is 13.9. The highest BCUT2D eigenvalue weighted by Crippen LogP contribution is 2.39. The lowest BCUT2D eigenvalue weighted by Crippen LogP contribution is -2.61. The SMILES string of the molecule is C/C=C1/[C@H](O[C@@H]2O[C@H](CO)[C@@H](O)[C@H](O)[C@H]2O)OC=C(C(=O)OC)[C@H]1CC(=O)O[C@H]1[C@H](O[C@@H]2OC=C(C(=O)OC)[C@@H](CC(=O)OCCc3ccc(O)c(O)c3)/C2=C\C)O[C@H](CO)[C@@H](O)[C@@H]1O. The number of hydrogen-bond acceptors (Lipinski definition) is 23. The Morgan fingerprint density at radius 1 is 0.662 bits per heavy atom. The summed E-state index contributed by atoms with van der Waals surface area (Å²) in [6, 6.07) is 4.10. The van der Waals surface area contributed by atoms with Crippen molar-refractivity contribution >= 4 is 23.9 Å². The van der Waals surface area contributed by atoms with E-state index in [4.69, 9.17) is 47.4 Å². The molecule has 5 rings (SSSR count). The van der Waals surface area contributed by atoms with Gasteiger partial charge >= 0.3 is 23.9 Å². The van der Waals surface area contributed by atoms with Crippen LogP contribution >= 0.6 is 0 Å². The molecular formula is C42H54O23. The average molecular weight is 927 g/mol. The number of rotatable bonds is 16. The molecule has 2 fully saturated rings. The second-order valence-electron chi connectivity index (χ2n) is 15.1. The van der Waals surface area contributed by atoms with E-state index in [1.165, 1.54) is 44.2 Å². The van der Waals surface area contributed by atoms with E-state index in [-0.39, 0.29) is 46.8 Å². The Hall–Kier alpha value is -5.18. The molecule has 14 atom stereocenters. The smallest absolute Gasteiger partial charge is 0.337 e. The highest BCUT2D eigenvalue weighted by molar-refractivity contribution is 5.91. The Kier molecular flexibility index (Phi) is 17.8. The molecule has 0 radical (unpaired) electrons. The largest absolute Gasteiger partial charge is 0.504 e. The van der Waals surface area contributed by atoms with E-state index in [0.717, 1.165) is 26.7 Å². The van der Waals surface area contributed by atoms with E-state index < -0.39 is 136 Å². The van der Waals surface area contributed by atoms with Crippen molar-refractivity contribution < 1.29 is 113 Å². The Balaban J connectivity index is 1.35. The fraction of sp³-hybridized carbons (Fsp3) is 0.571. The van der Waals surface area contributed by atoms with E-state index >= 15 is 0 Å². The minimum absolute atomic E-state index is 0.0705. The van der Waals surface area contributed by atoms with Gasteiger partial charge in [-0.15, -0.1) is 0 Å². The molecule has 0 unspecified atom stereocenters. The van der Waals surface area contributed by atoms with Crippen molar-refractivity contribution in [2.75, 3.05) is 34.0 Å². The number of aliphatic hydroxyl groups is 7.